The quantitative estimate of drug-likeness (QED) is 0.506. The summed E-state index contributed by atoms with van der Waals surface area (Å²) in [6.45, 7) is 0.888. The van der Waals surface area contributed by atoms with Crippen LogP contribution in [-0.4, -0.2) is 11.6 Å². The second-order valence-corrected chi connectivity index (χ2v) is 2.88. The van der Waals surface area contributed by atoms with E-state index in [1.54, 1.807) is 0 Å². The van der Waals surface area contributed by atoms with Gasteiger partial charge in [0.05, 0.1) is 6.54 Å². The van der Waals surface area contributed by atoms with Crippen LogP contribution in [0, 0.1) is 0 Å². The van der Waals surface area contributed by atoms with Crippen molar-refractivity contribution in [3.8, 4) is 0 Å². The third-order valence-corrected chi connectivity index (χ3v) is 2.20. The summed E-state index contributed by atoms with van der Waals surface area (Å²) in [5, 5.41) is 1.86. The van der Waals surface area contributed by atoms with E-state index in [1.807, 2.05) is 5.01 Å². The van der Waals surface area contributed by atoms with Gasteiger partial charge >= 0.3 is 0 Å². The molecule has 0 fully saturated rings. The van der Waals surface area contributed by atoms with E-state index in [2.05, 4.69) is 12.2 Å². The minimum absolute atomic E-state index is 0.888. The molecule has 0 saturated heterocycles. The Bertz CT molecular complexity index is 203. The van der Waals surface area contributed by atoms with Gasteiger partial charge in [0.15, 0.2) is 0 Å². The normalized spacial score (nSPS) is 23.9. The number of hydrazine groups is 1. The van der Waals surface area contributed by atoms with E-state index in [9.17, 15) is 0 Å². The largest absolute Gasteiger partial charge is 0.311 e. The summed E-state index contributed by atoms with van der Waals surface area (Å²) in [4.78, 5) is 0. The van der Waals surface area contributed by atoms with E-state index in [-0.39, 0.29) is 0 Å². The maximum atomic E-state index is 5.74. The molecule has 0 saturated carbocycles. The van der Waals surface area contributed by atoms with Crippen LogP contribution in [-0.2, 0) is 0 Å². The van der Waals surface area contributed by atoms with E-state index < -0.39 is 0 Å². The summed E-state index contributed by atoms with van der Waals surface area (Å²) in [5.74, 6) is 5.74. The zero-order chi connectivity index (χ0) is 6.97. The molecule has 10 heavy (non-hydrogen) atoms. The van der Waals surface area contributed by atoms with Crippen molar-refractivity contribution in [2.24, 2.45) is 5.84 Å². The van der Waals surface area contributed by atoms with Crippen molar-refractivity contribution in [2.75, 3.05) is 6.54 Å². The molecule has 0 aromatic rings. The average Bonchev–Trinajstić information content (AvgIpc) is 2.36. The first-order valence-electron chi connectivity index (χ1n) is 3.79. The average molecular weight is 136 g/mol. The summed E-state index contributed by atoms with van der Waals surface area (Å²) < 4.78 is 0. The lowest BCUT2D eigenvalue weighted by molar-refractivity contribution is 0.382. The molecule has 2 nitrogen and oxygen atoms in total. The Balaban J connectivity index is 2.30. The van der Waals surface area contributed by atoms with Crippen LogP contribution < -0.4 is 5.84 Å². The minimum atomic E-state index is 0.888. The lowest BCUT2D eigenvalue weighted by atomic mass is 10.1. The highest BCUT2D eigenvalue weighted by Crippen LogP contribution is 2.29. The van der Waals surface area contributed by atoms with Crippen molar-refractivity contribution < 1.29 is 0 Å². The fourth-order valence-electron chi connectivity index (χ4n) is 1.68. The van der Waals surface area contributed by atoms with Gasteiger partial charge in [-0.05, 0) is 24.8 Å². The minimum Gasteiger partial charge on any atom is -0.311 e. The molecular formula is C8H12N2. The zero-order valence-corrected chi connectivity index (χ0v) is 6.01. The number of allylic oxidation sites excluding steroid dienone is 3. The van der Waals surface area contributed by atoms with Gasteiger partial charge in [-0.25, -0.2) is 5.84 Å². The van der Waals surface area contributed by atoms with Crippen molar-refractivity contribution in [1.29, 1.82) is 0 Å². The molecule has 0 radical (unpaired) electrons. The molecule has 0 aromatic heterocycles. The van der Waals surface area contributed by atoms with E-state index in [4.69, 9.17) is 5.84 Å². The maximum Gasteiger partial charge on any atom is 0.0522 e. The Morgan fingerprint density at radius 2 is 2.30 bits per heavy atom. The van der Waals surface area contributed by atoms with Crippen molar-refractivity contribution in [3.63, 3.8) is 0 Å². The summed E-state index contributed by atoms with van der Waals surface area (Å²) in [7, 11) is 0. The molecule has 0 spiro atoms. The van der Waals surface area contributed by atoms with E-state index in [0.717, 1.165) is 6.54 Å². The van der Waals surface area contributed by atoms with Gasteiger partial charge in [0, 0.05) is 5.70 Å². The van der Waals surface area contributed by atoms with Crippen LogP contribution >= 0.6 is 0 Å². The number of rotatable bonds is 0. The van der Waals surface area contributed by atoms with Gasteiger partial charge < -0.3 is 5.01 Å². The van der Waals surface area contributed by atoms with Crippen molar-refractivity contribution >= 4 is 0 Å². The van der Waals surface area contributed by atoms with Gasteiger partial charge in [-0.1, -0.05) is 12.2 Å². The highest BCUT2D eigenvalue weighted by Gasteiger charge is 2.17. The zero-order valence-electron chi connectivity index (χ0n) is 6.01. The van der Waals surface area contributed by atoms with Crippen molar-refractivity contribution in [3.05, 3.63) is 23.4 Å². The Labute approximate surface area is 61.0 Å². The highest BCUT2D eigenvalue weighted by molar-refractivity contribution is 5.31. The third kappa shape index (κ3) is 0.762. The van der Waals surface area contributed by atoms with Gasteiger partial charge in [0.1, 0.15) is 0 Å². The molecule has 2 rings (SSSR count). The first kappa shape index (κ1) is 5.98. The molecule has 0 amide bonds. The first-order valence-corrected chi connectivity index (χ1v) is 3.79. The van der Waals surface area contributed by atoms with E-state index >= 15 is 0 Å². The molecule has 0 unspecified atom stereocenters. The van der Waals surface area contributed by atoms with Crippen LogP contribution in [0.5, 0.6) is 0 Å². The predicted molar refractivity (Wildman–Crippen MR) is 40.9 cm³/mol. The van der Waals surface area contributed by atoms with Crippen LogP contribution in [0.1, 0.15) is 19.3 Å². The SMILES string of the molecule is NN1CC=CC2=C1CCC2. The Kier molecular flexibility index (Phi) is 1.27. The fourth-order valence-corrected chi connectivity index (χ4v) is 1.68. The summed E-state index contributed by atoms with van der Waals surface area (Å²) >= 11 is 0. The summed E-state index contributed by atoms with van der Waals surface area (Å²) in [6, 6.07) is 0. The second-order valence-electron chi connectivity index (χ2n) is 2.88. The Morgan fingerprint density at radius 1 is 1.40 bits per heavy atom. The van der Waals surface area contributed by atoms with Crippen molar-refractivity contribution in [1.82, 2.24) is 5.01 Å². The molecule has 0 bridgehead atoms. The van der Waals surface area contributed by atoms with Gasteiger partial charge in [-0.15, -0.1) is 0 Å². The number of hydrogen-bond acceptors (Lipinski definition) is 2. The number of hydrogen-bond donors (Lipinski definition) is 1. The monoisotopic (exact) mass is 136 g/mol. The standard InChI is InChI=1S/C8H12N2/c9-10-6-2-4-7-3-1-5-8(7)10/h2,4H,1,3,5-6,9H2. The second kappa shape index (κ2) is 2.13. The topological polar surface area (TPSA) is 29.3 Å². The summed E-state index contributed by atoms with van der Waals surface area (Å²) in [6.07, 6.45) is 8.02. The number of nitrogens with two attached hydrogens (primary N) is 1. The lowest BCUT2D eigenvalue weighted by Crippen LogP contribution is -2.31. The fraction of sp³-hybridized carbons (Fsp3) is 0.500. The molecule has 1 heterocycles. The van der Waals surface area contributed by atoms with Crippen molar-refractivity contribution in [2.45, 2.75) is 19.3 Å². The first-order chi connectivity index (χ1) is 4.88. The summed E-state index contributed by atoms with van der Waals surface area (Å²) in [5.41, 5.74) is 2.82. The molecule has 0 atom stereocenters. The molecule has 54 valence electrons. The molecule has 1 aliphatic carbocycles. The van der Waals surface area contributed by atoms with Gasteiger partial charge in [0.25, 0.3) is 0 Å². The molecule has 2 heteroatoms. The van der Waals surface area contributed by atoms with Gasteiger partial charge in [-0.2, -0.15) is 0 Å². The molecular weight excluding hydrogens is 124 g/mol. The number of nitrogens with zero attached hydrogens (tertiary/aromatic N) is 1. The molecule has 1 aliphatic heterocycles. The van der Waals surface area contributed by atoms with Crippen LogP contribution in [0.25, 0.3) is 0 Å². The third-order valence-electron chi connectivity index (χ3n) is 2.20. The van der Waals surface area contributed by atoms with Crippen LogP contribution in [0.15, 0.2) is 23.4 Å². The maximum absolute atomic E-state index is 5.74. The predicted octanol–water partition coefficient (Wildman–Crippen LogP) is 1.17. The Hall–Kier alpha value is -0.760. The van der Waals surface area contributed by atoms with Gasteiger partial charge in [-0.3, -0.25) is 0 Å². The van der Waals surface area contributed by atoms with Crippen LogP contribution in [0.4, 0.5) is 0 Å². The van der Waals surface area contributed by atoms with Gasteiger partial charge in [0.2, 0.25) is 0 Å². The van der Waals surface area contributed by atoms with Crippen LogP contribution in [0.3, 0.4) is 0 Å². The molecule has 2 N–H and O–H groups in total. The smallest absolute Gasteiger partial charge is 0.0522 e. The van der Waals surface area contributed by atoms with E-state index in [0.29, 0.717) is 0 Å². The molecule has 2 aliphatic rings. The molecule has 0 aromatic carbocycles. The highest BCUT2D eigenvalue weighted by atomic mass is 15.4. The van der Waals surface area contributed by atoms with E-state index in [1.165, 1.54) is 30.5 Å². The Morgan fingerprint density at radius 3 is 3.10 bits per heavy atom. The lowest BCUT2D eigenvalue weighted by Gasteiger charge is -2.22. The van der Waals surface area contributed by atoms with Crippen LogP contribution in [0.2, 0.25) is 0 Å².